The molecule has 3 aromatic rings. The van der Waals surface area contributed by atoms with Crippen molar-refractivity contribution in [2.24, 2.45) is 0 Å². The van der Waals surface area contributed by atoms with Crippen molar-refractivity contribution < 1.29 is 0 Å². The van der Waals surface area contributed by atoms with Gasteiger partial charge in [0.1, 0.15) is 6.33 Å². The van der Waals surface area contributed by atoms with Crippen molar-refractivity contribution in [3.8, 4) is 0 Å². The number of benzene rings is 1. The van der Waals surface area contributed by atoms with Crippen molar-refractivity contribution in [3.05, 3.63) is 68.9 Å². The van der Waals surface area contributed by atoms with E-state index >= 15 is 0 Å². The van der Waals surface area contributed by atoms with Gasteiger partial charge in [-0.15, -0.1) is 11.3 Å². The first-order chi connectivity index (χ1) is 11.7. The summed E-state index contributed by atoms with van der Waals surface area (Å²) in [6, 6.07) is 12.9. The molecule has 1 atom stereocenters. The Balaban J connectivity index is 1.52. The number of hydrogen-bond donors (Lipinski definition) is 0. The van der Waals surface area contributed by atoms with Crippen molar-refractivity contribution in [2.45, 2.75) is 32.6 Å². The summed E-state index contributed by atoms with van der Waals surface area (Å²) < 4.78 is 4.79. The lowest BCUT2D eigenvalue weighted by Gasteiger charge is -2.26. The van der Waals surface area contributed by atoms with Crippen LogP contribution >= 0.6 is 23.6 Å². The highest BCUT2D eigenvalue weighted by Crippen LogP contribution is 2.24. The minimum absolute atomic E-state index is 0.192. The third-order valence-corrected chi connectivity index (χ3v) is 6.12. The molecule has 124 valence electrons. The van der Waals surface area contributed by atoms with Crippen LogP contribution in [0.4, 0.5) is 0 Å². The van der Waals surface area contributed by atoms with Gasteiger partial charge in [0, 0.05) is 18.0 Å². The first kappa shape index (κ1) is 15.7. The van der Waals surface area contributed by atoms with Crippen LogP contribution in [0.2, 0.25) is 0 Å². The zero-order valence-electron chi connectivity index (χ0n) is 13.6. The van der Waals surface area contributed by atoms with E-state index in [2.05, 4.69) is 57.2 Å². The van der Waals surface area contributed by atoms with Crippen LogP contribution in [0.3, 0.4) is 0 Å². The zero-order valence-corrected chi connectivity index (χ0v) is 15.3. The topological polar surface area (TPSA) is 26.0 Å². The van der Waals surface area contributed by atoms with E-state index in [1.165, 1.54) is 16.0 Å². The Morgan fingerprint density at radius 3 is 2.92 bits per heavy atom. The first-order valence-corrected chi connectivity index (χ1v) is 9.47. The van der Waals surface area contributed by atoms with Crippen molar-refractivity contribution in [1.82, 2.24) is 19.2 Å². The molecule has 24 heavy (non-hydrogen) atoms. The molecule has 6 heteroatoms. The summed E-state index contributed by atoms with van der Waals surface area (Å²) in [6.07, 6.45) is 2.99. The summed E-state index contributed by atoms with van der Waals surface area (Å²) in [6.45, 7) is 4.97. The van der Waals surface area contributed by atoms with E-state index in [-0.39, 0.29) is 6.04 Å². The minimum atomic E-state index is 0.192. The predicted molar refractivity (Wildman–Crippen MR) is 99.7 cm³/mol. The van der Waals surface area contributed by atoms with Crippen LogP contribution in [-0.2, 0) is 19.6 Å². The maximum atomic E-state index is 5.67. The Hall–Kier alpha value is -1.76. The molecule has 0 aliphatic carbocycles. The summed E-state index contributed by atoms with van der Waals surface area (Å²) in [5, 5.41) is 6.73. The molecule has 0 saturated heterocycles. The lowest BCUT2D eigenvalue weighted by atomic mass is 10.1. The van der Waals surface area contributed by atoms with Crippen LogP contribution in [0.15, 0.2) is 48.1 Å². The van der Waals surface area contributed by atoms with E-state index in [1.54, 1.807) is 0 Å². The van der Waals surface area contributed by atoms with Crippen LogP contribution in [0.25, 0.3) is 0 Å². The molecule has 0 N–H and O–H groups in total. The molecule has 0 fully saturated rings. The predicted octanol–water partition coefficient (Wildman–Crippen LogP) is 4.10. The molecule has 0 unspecified atom stereocenters. The number of thiophene rings is 1. The molecule has 1 aliphatic rings. The Bertz CT molecular complexity index is 878. The average Bonchev–Trinajstić information content (AvgIpc) is 3.22. The van der Waals surface area contributed by atoms with Gasteiger partial charge in [0.15, 0.2) is 4.77 Å². The molecule has 1 aromatic carbocycles. The van der Waals surface area contributed by atoms with Gasteiger partial charge in [-0.1, -0.05) is 30.3 Å². The van der Waals surface area contributed by atoms with E-state index in [4.69, 9.17) is 12.2 Å². The number of hydrogen-bond acceptors (Lipinski definition) is 4. The highest BCUT2D eigenvalue weighted by atomic mass is 32.1. The summed E-state index contributed by atoms with van der Waals surface area (Å²) in [5.74, 6) is 0. The summed E-state index contributed by atoms with van der Waals surface area (Å²) >= 11 is 7.54. The van der Waals surface area contributed by atoms with E-state index < -0.39 is 0 Å². The Morgan fingerprint density at radius 1 is 1.25 bits per heavy atom. The smallest absolute Gasteiger partial charge is 0.199 e. The minimum Gasteiger partial charge on any atom is -0.299 e. The van der Waals surface area contributed by atoms with Gasteiger partial charge in [-0.3, -0.25) is 9.47 Å². The van der Waals surface area contributed by atoms with Gasteiger partial charge in [-0.05, 0) is 48.1 Å². The standard InChI is InChI=1S/C18H20N4S2/c1-14(15-5-3-2-4-6-15)21-12-19-22(18(21)23)13-20-9-7-17-16(11-20)8-10-24-17/h2-6,8,10,12,14H,7,9,11,13H2,1H3/t14-/m0/s1. The summed E-state index contributed by atoms with van der Waals surface area (Å²) in [5.41, 5.74) is 2.70. The Kier molecular flexibility index (Phi) is 4.35. The lowest BCUT2D eigenvalue weighted by Crippen LogP contribution is -2.32. The number of nitrogens with zero attached hydrogens (tertiary/aromatic N) is 4. The van der Waals surface area contributed by atoms with Gasteiger partial charge in [0.25, 0.3) is 0 Å². The molecule has 2 aromatic heterocycles. The molecule has 3 heterocycles. The van der Waals surface area contributed by atoms with Crippen LogP contribution in [0, 0.1) is 4.77 Å². The second kappa shape index (κ2) is 6.63. The van der Waals surface area contributed by atoms with Crippen molar-refractivity contribution in [2.75, 3.05) is 6.54 Å². The zero-order chi connectivity index (χ0) is 16.5. The second-order valence-electron chi connectivity index (χ2n) is 6.22. The van der Waals surface area contributed by atoms with Crippen molar-refractivity contribution >= 4 is 23.6 Å². The van der Waals surface area contributed by atoms with Gasteiger partial charge in [-0.2, -0.15) is 5.10 Å². The van der Waals surface area contributed by atoms with E-state index in [0.29, 0.717) is 0 Å². The molecule has 4 nitrogen and oxygen atoms in total. The molecular weight excluding hydrogens is 336 g/mol. The number of rotatable bonds is 4. The van der Waals surface area contributed by atoms with Crippen LogP contribution in [-0.4, -0.2) is 25.8 Å². The second-order valence-corrected chi connectivity index (χ2v) is 7.59. The fraction of sp³-hybridized carbons (Fsp3) is 0.333. The van der Waals surface area contributed by atoms with Crippen LogP contribution in [0.1, 0.15) is 29.0 Å². The van der Waals surface area contributed by atoms with Gasteiger partial charge in [0.05, 0.1) is 12.7 Å². The molecule has 0 radical (unpaired) electrons. The monoisotopic (exact) mass is 356 g/mol. The average molecular weight is 357 g/mol. The highest BCUT2D eigenvalue weighted by Gasteiger charge is 2.18. The highest BCUT2D eigenvalue weighted by molar-refractivity contribution is 7.71. The molecular formula is C18H20N4S2. The molecule has 4 rings (SSSR count). The normalized spacial score (nSPS) is 16.0. The van der Waals surface area contributed by atoms with Gasteiger partial charge in [-0.25, -0.2) is 4.68 Å². The maximum absolute atomic E-state index is 5.67. The van der Waals surface area contributed by atoms with Crippen molar-refractivity contribution in [3.63, 3.8) is 0 Å². The van der Waals surface area contributed by atoms with E-state index in [9.17, 15) is 0 Å². The van der Waals surface area contributed by atoms with Crippen LogP contribution in [0.5, 0.6) is 0 Å². The quantitative estimate of drug-likeness (QED) is 0.658. The van der Waals surface area contributed by atoms with E-state index in [1.807, 2.05) is 28.4 Å². The SMILES string of the molecule is C[C@@H](c1ccccc1)n1cnn(CN2CCc3sccc3C2)c1=S. The third-order valence-electron chi connectivity index (χ3n) is 4.68. The van der Waals surface area contributed by atoms with Gasteiger partial charge >= 0.3 is 0 Å². The van der Waals surface area contributed by atoms with Gasteiger partial charge < -0.3 is 0 Å². The number of aromatic nitrogens is 3. The van der Waals surface area contributed by atoms with Gasteiger partial charge in [0.2, 0.25) is 0 Å². The molecule has 0 bridgehead atoms. The lowest BCUT2D eigenvalue weighted by molar-refractivity contribution is 0.189. The molecule has 0 spiro atoms. The number of fused-ring (bicyclic) bond motifs is 1. The van der Waals surface area contributed by atoms with Crippen LogP contribution < -0.4 is 0 Å². The molecule has 0 amide bonds. The third kappa shape index (κ3) is 2.97. The van der Waals surface area contributed by atoms with Crippen molar-refractivity contribution in [1.29, 1.82) is 0 Å². The fourth-order valence-corrected chi connectivity index (χ4v) is 4.42. The Labute approximate surface area is 151 Å². The van der Waals surface area contributed by atoms with E-state index in [0.717, 1.165) is 31.0 Å². The summed E-state index contributed by atoms with van der Waals surface area (Å²) in [4.78, 5) is 3.94. The maximum Gasteiger partial charge on any atom is 0.199 e. The first-order valence-electron chi connectivity index (χ1n) is 8.19. The Morgan fingerprint density at radius 2 is 2.08 bits per heavy atom. The fourth-order valence-electron chi connectivity index (χ4n) is 3.22. The summed E-state index contributed by atoms with van der Waals surface area (Å²) in [7, 11) is 0. The largest absolute Gasteiger partial charge is 0.299 e. The molecule has 1 aliphatic heterocycles. The molecule has 0 saturated carbocycles.